The standard InChI is InChI=1S/C10H13NO2.C3H6.CH4/c1-13-10(12)8-11-7-9-5-3-2-4-6-9;1-3-2;/h2-6,11H,7-8H2,1H3;3H,1H2,2H3;1H4. The molecule has 0 aliphatic carbocycles. The van der Waals surface area contributed by atoms with Gasteiger partial charge in [0.25, 0.3) is 0 Å². The summed E-state index contributed by atoms with van der Waals surface area (Å²) >= 11 is 0. The smallest absolute Gasteiger partial charge is 0.319 e. The number of carbonyl (C=O) groups is 1. The highest BCUT2D eigenvalue weighted by Crippen LogP contribution is 1.96. The Labute approximate surface area is 104 Å². The zero-order chi connectivity index (χ0) is 12.2. The number of nitrogens with one attached hydrogen (secondary N) is 1. The molecule has 17 heavy (non-hydrogen) atoms. The zero-order valence-corrected chi connectivity index (χ0v) is 9.90. The quantitative estimate of drug-likeness (QED) is 0.646. The first kappa shape index (κ1) is 17.8. The highest BCUT2D eigenvalue weighted by Gasteiger charge is 1.97. The largest absolute Gasteiger partial charge is 0.468 e. The van der Waals surface area contributed by atoms with E-state index in [0.717, 1.165) is 5.56 Å². The van der Waals surface area contributed by atoms with E-state index in [-0.39, 0.29) is 19.9 Å². The summed E-state index contributed by atoms with van der Waals surface area (Å²) in [4.78, 5) is 10.7. The summed E-state index contributed by atoms with van der Waals surface area (Å²) in [5, 5.41) is 2.98. The molecule has 0 aliphatic rings. The van der Waals surface area contributed by atoms with Gasteiger partial charge < -0.3 is 10.1 Å². The van der Waals surface area contributed by atoms with Crippen molar-refractivity contribution in [3.63, 3.8) is 0 Å². The third-order valence-corrected chi connectivity index (χ3v) is 1.67. The molecule has 3 nitrogen and oxygen atoms in total. The van der Waals surface area contributed by atoms with Crippen LogP contribution < -0.4 is 5.32 Å². The molecule has 1 aromatic rings. The molecule has 0 radical (unpaired) electrons. The molecule has 0 bridgehead atoms. The van der Waals surface area contributed by atoms with Crippen LogP contribution in [0.25, 0.3) is 0 Å². The maximum Gasteiger partial charge on any atom is 0.319 e. The van der Waals surface area contributed by atoms with Crippen molar-refractivity contribution in [2.75, 3.05) is 13.7 Å². The Balaban J connectivity index is 0. The van der Waals surface area contributed by atoms with E-state index in [1.807, 2.05) is 37.3 Å². The van der Waals surface area contributed by atoms with Gasteiger partial charge in [-0.05, 0) is 12.5 Å². The number of hydrogen-bond donors (Lipinski definition) is 1. The van der Waals surface area contributed by atoms with Gasteiger partial charge in [-0.15, -0.1) is 6.58 Å². The van der Waals surface area contributed by atoms with Crippen LogP contribution >= 0.6 is 0 Å². The van der Waals surface area contributed by atoms with Crippen molar-refractivity contribution in [2.45, 2.75) is 20.9 Å². The lowest BCUT2D eigenvalue weighted by molar-refractivity contribution is -0.139. The maximum absolute atomic E-state index is 10.7. The topological polar surface area (TPSA) is 38.3 Å². The number of hydrogen-bond acceptors (Lipinski definition) is 3. The molecular weight excluding hydrogens is 214 g/mol. The van der Waals surface area contributed by atoms with Gasteiger partial charge in [-0.1, -0.05) is 43.8 Å². The average Bonchev–Trinajstić information content (AvgIpc) is 2.31. The molecule has 0 fully saturated rings. The predicted molar refractivity (Wildman–Crippen MR) is 72.8 cm³/mol. The van der Waals surface area contributed by atoms with Gasteiger partial charge in [0.05, 0.1) is 13.7 Å². The highest BCUT2D eigenvalue weighted by molar-refractivity contribution is 5.71. The maximum atomic E-state index is 10.7. The number of benzene rings is 1. The van der Waals surface area contributed by atoms with Crippen LogP contribution in [0.15, 0.2) is 43.0 Å². The van der Waals surface area contributed by atoms with Crippen LogP contribution in [0, 0.1) is 0 Å². The minimum Gasteiger partial charge on any atom is -0.468 e. The molecule has 1 aromatic carbocycles. The molecule has 0 spiro atoms. The summed E-state index contributed by atoms with van der Waals surface area (Å²) in [6.07, 6.45) is 1.75. The Hall–Kier alpha value is -1.61. The minimum atomic E-state index is -0.240. The van der Waals surface area contributed by atoms with Gasteiger partial charge in [-0.25, -0.2) is 0 Å². The molecule has 96 valence electrons. The Morgan fingerprint density at radius 3 is 2.41 bits per heavy atom. The Morgan fingerprint density at radius 1 is 1.41 bits per heavy atom. The lowest BCUT2D eigenvalue weighted by atomic mass is 10.2. The number of ether oxygens (including phenoxy) is 1. The van der Waals surface area contributed by atoms with Gasteiger partial charge in [0.2, 0.25) is 0 Å². The Morgan fingerprint density at radius 2 is 1.94 bits per heavy atom. The molecule has 0 heterocycles. The van der Waals surface area contributed by atoms with Crippen LogP contribution in [-0.4, -0.2) is 19.6 Å². The lowest BCUT2D eigenvalue weighted by Gasteiger charge is -2.02. The summed E-state index contributed by atoms with van der Waals surface area (Å²) in [6, 6.07) is 9.91. The van der Waals surface area contributed by atoms with Gasteiger partial charge in [-0.3, -0.25) is 4.79 Å². The molecule has 0 saturated carbocycles. The van der Waals surface area contributed by atoms with Crippen LogP contribution in [0.2, 0.25) is 0 Å². The molecule has 0 unspecified atom stereocenters. The van der Waals surface area contributed by atoms with E-state index in [1.54, 1.807) is 6.08 Å². The number of methoxy groups -OCH3 is 1. The van der Waals surface area contributed by atoms with Crippen LogP contribution in [0.1, 0.15) is 19.9 Å². The van der Waals surface area contributed by atoms with Crippen LogP contribution in [0.4, 0.5) is 0 Å². The Bertz CT molecular complexity index is 296. The van der Waals surface area contributed by atoms with Crippen LogP contribution in [0.5, 0.6) is 0 Å². The molecule has 1 N–H and O–H groups in total. The molecule has 0 atom stereocenters. The predicted octanol–water partition coefficient (Wildman–Crippen LogP) is 2.78. The molecule has 0 saturated heterocycles. The summed E-state index contributed by atoms with van der Waals surface area (Å²) in [6.45, 7) is 6.20. The summed E-state index contributed by atoms with van der Waals surface area (Å²) in [5.74, 6) is -0.240. The third kappa shape index (κ3) is 10.7. The fourth-order valence-electron chi connectivity index (χ4n) is 0.977. The molecule has 0 aromatic heterocycles. The minimum absolute atomic E-state index is 0. The second-order valence-electron chi connectivity index (χ2n) is 3.07. The van der Waals surface area contributed by atoms with E-state index < -0.39 is 0 Å². The molecule has 1 rings (SSSR count). The van der Waals surface area contributed by atoms with Gasteiger partial charge in [-0.2, -0.15) is 0 Å². The van der Waals surface area contributed by atoms with Crippen LogP contribution in [0.3, 0.4) is 0 Å². The van der Waals surface area contributed by atoms with Gasteiger partial charge in [0.15, 0.2) is 0 Å². The van der Waals surface area contributed by atoms with Crippen molar-refractivity contribution >= 4 is 5.97 Å². The fraction of sp³-hybridized carbons (Fsp3) is 0.357. The van der Waals surface area contributed by atoms with E-state index in [2.05, 4.69) is 16.6 Å². The number of allylic oxidation sites excluding steroid dienone is 1. The summed E-state index contributed by atoms with van der Waals surface area (Å²) < 4.78 is 4.49. The van der Waals surface area contributed by atoms with Crippen molar-refractivity contribution in [3.05, 3.63) is 48.6 Å². The number of rotatable bonds is 4. The van der Waals surface area contributed by atoms with Crippen molar-refractivity contribution in [2.24, 2.45) is 0 Å². The van der Waals surface area contributed by atoms with Gasteiger partial charge in [0, 0.05) is 6.54 Å². The summed E-state index contributed by atoms with van der Waals surface area (Å²) in [7, 11) is 1.38. The normalized spacial score (nSPS) is 8.12. The van der Waals surface area contributed by atoms with E-state index >= 15 is 0 Å². The van der Waals surface area contributed by atoms with Crippen molar-refractivity contribution in [3.8, 4) is 0 Å². The average molecular weight is 237 g/mol. The van der Waals surface area contributed by atoms with Crippen molar-refractivity contribution in [1.29, 1.82) is 0 Å². The van der Waals surface area contributed by atoms with Gasteiger partial charge in [0.1, 0.15) is 0 Å². The number of esters is 1. The van der Waals surface area contributed by atoms with Crippen molar-refractivity contribution < 1.29 is 9.53 Å². The first-order valence-electron chi connectivity index (χ1n) is 5.13. The SMILES string of the molecule is C.C=CC.COC(=O)CNCc1ccccc1. The fourth-order valence-corrected chi connectivity index (χ4v) is 0.977. The van der Waals surface area contributed by atoms with Gasteiger partial charge >= 0.3 is 5.97 Å². The second kappa shape index (κ2) is 12.5. The van der Waals surface area contributed by atoms with Crippen molar-refractivity contribution in [1.82, 2.24) is 5.32 Å². The Kier molecular flexibility index (Phi) is 13.0. The molecule has 0 aliphatic heterocycles. The van der Waals surface area contributed by atoms with E-state index in [0.29, 0.717) is 6.54 Å². The monoisotopic (exact) mass is 237 g/mol. The second-order valence-corrected chi connectivity index (χ2v) is 3.07. The third-order valence-electron chi connectivity index (χ3n) is 1.67. The van der Waals surface area contributed by atoms with E-state index in [1.165, 1.54) is 7.11 Å². The summed E-state index contributed by atoms with van der Waals surface area (Å²) in [5.41, 5.74) is 1.16. The van der Waals surface area contributed by atoms with Crippen LogP contribution in [-0.2, 0) is 16.1 Å². The van der Waals surface area contributed by atoms with E-state index in [9.17, 15) is 4.79 Å². The molecule has 3 heteroatoms. The first-order valence-corrected chi connectivity index (χ1v) is 5.13. The zero-order valence-electron chi connectivity index (χ0n) is 9.90. The lowest BCUT2D eigenvalue weighted by Crippen LogP contribution is -2.23. The molecule has 0 amide bonds. The highest BCUT2D eigenvalue weighted by atomic mass is 16.5. The van der Waals surface area contributed by atoms with E-state index in [4.69, 9.17) is 0 Å². The first-order chi connectivity index (χ1) is 7.74. The number of carbonyl (C=O) groups excluding carboxylic acids is 1. The molecular formula is C14H23NO2.